The van der Waals surface area contributed by atoms with Crippen LogP contribution in [0.1, 0.15) is 11.4 Å². The maximum atomic E-state index is 4.21. The third-order valence-electron chi connectivity index (χ3n) is 1.69. The predicted octanol–water partition coefficient (Wildman–Crippen LogP) is 2.05. The first kappa shape index (κ1) is 6.40. The Morgan fingerprint density at radius 1 is 1.45 bits per heavy atom. The molecular weight excluding hydrogens is 136 g/mol. The molecular formula is C9H9N2. The van der Waals surface area contributed by atoms with Crippen LogP contribution in [0.5, 0.6) is 0 Å². The van der Waals surface area contributed by atoms with Gasteiger partial charge in [0.05, 0.1) is 11.0 Å². The molecule has 2 rings (SSSR count). The lowest BCUT2D eigenvalue weighted by Crippen LogP contribution is -1.71. The van der Waals surface area contributed by atoms with Crippen LogP contribution >= 0.6 is 0 Å². The summed E-state index contributed by atoms with van der Waals surface area (Å²) >= 11 is 0. The number of H-pyrrole nitrogens is 1. The lowest BCUT2D eigenvalue weighted by atomic mass is 10.2. The van der Waals surface area contributed by atoms with E-state index in [0.717, 1.165) is 16.9 Å². The molecule has 1 aromatic carbocycles. The highest BCUT2D eigenvalue weighted by Crippen LogP contribution is 2.12. The highest BCUT2D eigenvalue weighted by atomic mass is 14.9. The first-order valence-electron chi connectivity index (χ1n) is 3.54. The van der Waals surface area contributed by atoms with E-state index in [1.54, 1.807) is 0 Å². The lowest BCUT2D eigenvalue weighted by Gasteiger charge is -1.88. The van der Waals surface area contributed by atoms with Crippen LogP contribution < -0.4 is 0 Å². The number of hydrogen-bond acceptors (Lipinski definition) is 1. The molecule has 1 heterocycles. The molecule has 2 heteroatoms. The van der Waals surface area contributed by atoms with Crippen LogP contribution in [-0.4, -0.2) is 9.97 Å². The minimum Gasteiger partial charge on any atom is -0.342 e. The molecule has 0 atom stereocenters. The summed E-state index contributed by atoms with van der Waals surface area (Å²) < 4.78 is 0. The van der Waals surface area contributed by atoms with Crippen LogP contribution in [0.4, 0.5) is 0 Å². The van der Waals surface area contributed by atoms with Gasteiger partial charge in [-0.15, -0.1) is 0 Å². The number of aryl methyl sites for hydroxylation is 1. The summed E-state index contributed by atoms with van der Waals surface area (Å²) in [6.45, 7) is 5.77. The smallest absolute Gasteiger partial charge is 0.107 e. The molecule has 0 saturated heterocycles. The van der Waals surface area contributed by atoms with E-state index >= 15 is 0 Å². The Balaban J connectivity index is 2.82. The maximum absolute atomic E-state index is 4.21. The quantitative estimate of drug-likeness (QED) is 0.603. The van der Waals surface area contributed by atoms with Gasteiger partial charge in [-0.1, -0.05) is 6.07 Å². The molecule has 0 aliphatic carbocycles. The van der Waals surface area contributed by atoms with Gasteiger partial charge in [0.25, 0.3) is 0 Å². The van der Waals surface area contributed by atoms with Gasteiger partial charge in [-0.2, -0.15) is 0 Å². The van der Waals surface area contributed by atoms with Gasteiger partial charge >= 0.3 is 0 Å². The second-order valence-electron chi connectivity index (χ2n) is 2.70. The predicted molar refractivity (Wildman–Crippen MR) is 45.3 cm³/mol. The van der Waals surface area contributed by atoms with Crippen LogP contribution in [-0.2, 0) is 0 Å². The first-order chi connectivity index (χ1) is 5.25. The van der Waals surface area contributed by atoms with Crippen molar-refractivity contribution in [2.24, 2.45) is 0 Å². The van der Waals surface area contributed by atoms with Crippen molar-refractivity contribution in [1.82, 2.24) is 9.97 Å². The van der Waals surface area contributed by atoms with Crippen molar-refractivity contribution in [3.63, 3.8) is 0 Å². The zero-order chi connectivity index (χ0) is 7.84. The monoisotopic (exact) mass is 145 g/mol. The third kappa shape index (κ3) is 1.00. The Hall–Kier alpha value is -1.31. The molecule has 0 unspecified atom stereocenters. The average molecular weight is 145 g/mol. The molecule has 0 saturated carbocycles. The number of rotatable bonds is 0. The van der Waals surface area contributed by atoms with Gasteiger partial charge in [0.2, 0.25) is 0 Å². The summed E-state index contributed by atoms with van der Waals surface area (Å²) in [5.74, 6) is 0.727. The fraction of sp³-hybridized carbons (Fsp3) is 0.111. The number of hydrogen-bond donors (Lipinski definition) is 1. The number of aromatic amines is 1. The van der Waals surface area contributed by atoms with E-state index < -0.39 is 0 Å². The zero-order valence-electron chi connectivity index (χ0n) is 6.39. The summed E-state index contributed by atoms with van der Waals surface area (Å²) in [4.78, 5) is 7.27. The van der Waals surface area contributed by atoms with Crippen molar-refractivity contribution in [2.75, 3.05) is 0 Å². The number of fused-ring (bicyclic) bond motifs is 1. The van der Waals surface area contributed by atoms with Crippen molar-refractivity contribution in [3.05, 3.63) is 36.5 Å². The normalized spacial score (nSPS) is 10.7. The molecule has 0 aliphatic rings. The molecule has 2 nitrogen and oxygen atoms in total. The van der Waals surface area contributed by atoms with E-state index in [-0.39, 0.29) is 0 Å². The molecule has 2 aromatic rings. The number of benzene rings is 1. The summed E-state index contributed by atoms with van der Waals surface area (Å²) in [5.41, 5.74) is 3.28. The Morgan fingerprint density at radius 2 is 2.27 bits per heavy atom. The van der Waals surface area contributed by atoms with Gasteiger partial charge in [0.1, 0.15) is 5.82 Å². The van der Waals surface area contributed by atoms with Crippen molar-refractivity contribution >= 4 is 11.0 Å². The van der Waals surface area contributed by atoms with Gasteiger partial charge in [-0.3, -0.25) is 0 Å². The molecule has 55 valence electrons. The van der Waals surface area contributed by atoms with Crippen LogP contribution in [0, 0.1) is 13.8 Å². The second kappa shape index (κ2) is 2.09. The summed E-state index contributed by atoms with van der Waals surface area (Å²) in [6, 6.07) is 6.12. The fourth-order valence-corrected chi connectivity index (χ4v) is 1.17. The minimum atomic E-state index is 0.727. The van der Waals surface area contributed by atoms with Crippen LogP contribution in [0.2, 0.25) is 0 Å². The van der Waals surface area contributed by atoms with E-state index in [4.69, 9.17) is 0 Å². The number of nitrogens with one attached hydrogen (secondary N) is 1. The minimum absolute atomic E-state index is 0.727. The maximum Gasteiger partial charge on any atom is 0.107 e. The number of nitrogens with zero attached hydrogens (tertiary/aromatic N) is 1. The van der Waals surface area contributed by atoms with Crippen molar-refractivity contribution in [3.8, 4) is 0 Å². The van der Waals surface area contributed by atoms with Gasteiger partial charge in [0.15, 0.2) is 0 Å². The summed E-state index contributed by atoms with van der Waals surface area (Å²) in [5, 5.41) is 0. The molecule has 0 bridgehead atoms. The van der Waals surface area contributed by atoms with Gasteiger partial charge in [0, 0.05) is 6.92 Å². The van der Waals surface area contributed by atoms with Crippen LogP contribution in [0.3, 0.4) is 0 Å². The summed E-state index contributed by atoms with van der Waals surface area (Å²) in [6.07, 6.45) is 0. The molecule has 1 radical (unpaired) electrons. The first-order valence-corrected chi connectivity index (χ1v) is 3.54. The molecule has 1 N–H and O–H groups in total. The largest absolute Gasteiger partial charge is 0.342 e. The van der Waals surface area contributed by atoms with Gasteiger partial charge in [-0.05, 0) is 24.6 Å². The van der Waals surface area contributed by atoms with E-state index in [0.29, 0.717) is 0 Å². The van der Waals surface area contributed by atoms with Crippen molar-refractivity contribution in [1.29, 1.82) is 0 Å². The SMILES string of the molecule is [CH2]c1nc2cc(C)ccc2[nH]1. The highest BCUT2D eigenvalue weighted by molar-refractivity contribution is 5.75. The second-order valence-corrected chi connectivity index (χ2v) is 2.70. The summed E-state index contributed by atoms with van der Waals surface area (Å²) in [7, 11) is 0. The molecule has 0 aliphatic heterocycles. The third-order valence-corrected chi connectivity index (χ3v) is 1.69. The molecule has 1 aromatic heterocycles. The molecule has 11 heavy (non-hydrogen) atoms. The Labute approximate surface area is 65.3 Å². The van der Waals surface area contributed by atoms with E-state index in [1.165, 1.54) is 5.56 Å². The average Bonchev–Trinajstić information content (AvgIpc) is 2.27. The van der Waals surface area contributed by atoms with Crippen molar-refractivity contribution in [2.45, 2.75) is 6.92 Å². The van der Waals surface area contributed by atoms with Gasteiger partial charge < -0.3 is 4.98 Å². The van der Waals surface area contributed by atoms with Crippen molar-refractivity contribution < 1.29 is 0 Å². The lowest BCUT2D eigenvalue weighted by molar-refractivity contribution is 1.25. The van der Waals surface area contributed by atoms with Crippen LogP contribution in [0.15, 0.2) is 18.2 Å². The zero-order valence-corrected chi connectivity index (χ0v) is 6.39. The topological polar surface area (TPSA) is 28.7 Å². The van der Waals surface area contributed by atoms with E-state index in [2.05, 4.69) is 29.9 Å². The van der Waals surface area contributed by atoms with E-state index in [1.807, 2.05) is 12.1 Å². The molecule has 0 fully saturated rings. The Morgan fingerprint density at radius 3 is 3.09 bits per heavy atom. The van der Waals surface area contributed by atoms with E-state index in [9.17, 15) is 0 Å². The van der Waals surface area contributed by atoms with Gasteiger partial charge in [-0.25, -0.2) is 4.98 Å². The fourth-order valence-electron chi connectivity index (χ4n) is 1.17. The van der Waals surface area contributed by atoms with Crippen LogP contribution in [0.25, 0.3) is 11.0 Å². The Bertz CT molecular complexity index is 387. The number of imidazole rings is 1. The Kier molecular flexibility index (Phi) is 1.22. The standard InChI is InChI=1S/C9H9N2/c1-6-3-4-8-9(5-6)11-7(2)10-8/h3-5H,2H2,1H3,(H,10,11). The highest BCUT2D eigenvalue weighted by Gasteiger charge is 1.96. The molecule has 0 amide bonds. The number of aromatic nitrogens is 2. The molecule has 0 spiro atoms.